The van der Waals surface area contributed by atoms with Gasteiger partial charge in [0.05, 0.1) is 11.2 Å². The van der Waals surface area contributed by atoms with Crippen LogP contribution in [-0.4, -0.2) is 34.7 Å². The molecule has 1 aromatic carbocycles. The van der Waals surface area contributed by atoms with Crippen molar-refractivity contribution in [2.75, 3.05) is 19.4 Å². The molecule has 1 amide bonds. The van der Waals surface area contributed by atoms with E-state index in [1.807, 2.05) is 43.3 Å². The summed E-state index contributed by atoms with van der Waals surface area (Å²) in [6.07, 6.45) is 1.46. The minimum atomic E-state index is -0.263. The summed E-state index contributed by atoms with van der Waals surface area (Å²) in [6.45, 7) is 0.746. The smallest absolute Gasteiger partial charge is 0.275 e. The van der Waals surface area contributed by atoms with Gasteiger partial charge in [0.25, 0.3) is 5.91 Å². The number of aromatic nitrogens is 2. The van der Waals surface area contributed by atoms with E-state index in [1.54, 1.807) is 7.05 Å². The van der Waals surface area contributed by atoms with E-state index in [9.17, 15) is 4.79 Å². The molecule has 20 heavy (non-hydrogen) atoms. The maximum absolute atomic E-state index is 12.3. The standard InChI is InChI=1S/C14H17ClN4O/c1-18(2)9-10-6-4-5-7-12(10)17-14(20)13-11(15)8-16-19(13)3/h4-8H,9H2,1-3H3,(H,17,20). The number of para-hydroxylation sites is 1. The van der Waals surface area contributed by atoms with Crippen LogP contribution in [0.2, 0.25) is 5.02 Å². The highest BCUT2D eigenvalue weighted by Gasteiger charge is 2.16. The van der Waals surface area contributed by atoms with Crippen LogP contribution in [0.1, 0.15) is 16.1 Å². The lowest BCUT2D eigenvalue weighted by Gasteiger charge is -2.15. The Morgan fingerprint density at radius 1 is 1.40 bits per heavy atom. The molecule has 0 spiro atoms. The third-order valence-electron chi connectivity index (χ3n) is 2.86. The Balaban J connectivity index is 2.24. The maximum atomic E-state index is 12.3. The van der Waals surface area contributed by atoms with Crippen LogP contribution in [0.4, 0.5) is 5.69 Å². The van der Waals surface area contributed by atoms with Crippen LogP contribution in [0.15, 0.2) is 30.5 Å². The quantitative estimate of drug-likeness (QED) is 0.941. The number of halogens is 1. The number of hydrogen-bond acceptors (Lipinski definition) is 3. The van der Waals surface area contributed by atoms with Crippen LogP contribution in [0, 0.1) is 0 Å². The zero-order valence-electron chi connectivity index (χ0n) is 11.7. The number of carbonyl (C=O) groups is 1. The van der Waals surface area contributed by atoms with Gasteiger partial charge in [0, 0.05) is 19.3 Å². The summed E-state index contributed by atoms with van der Waals surface area (Å²) < 4.78 is 1.46. The number of nitrogens with one attached hydrogen (secondary N) is 1. The average Bonchev–Trinajstić information content (AvgIpc) is 2.71. The summed E-state index contributed by atoms with van der Waals surface area (Å²) >= 11 is 5.98. The van der Waals surface area contributed by atoms with Crippen molar-refractivity contribution in [2.24, 2.45) is 7.05 Å². The minimum Gasteiger partial charge on any atom is -0.320 e. The zero-order valence-corrected chi connectivity index (χ0v) is 12.5. The third kappa shape index (κ3) is 3.18. The summed E-state index contributed by atoms with van der Waals surface area (Å²) in [5, 5.41) is 7.20. The number of aryl methyl sites for hydroxylation is 1. The number of amides is 1. The molecule has 1 aromatic heterocycles. The molecular weight excluding hydrogens is 276 g/mol. The van der Waals surface area contributed by atoms with Crippen molar-refractivity contribution in [3.8, 4) is 0 Å². The van der Waals surface area contributed by atoms with Crippen molar-refractivity contribution in [2.45, 2.75) is 6.54 Å². The molecule has 0 bridgehead atoms. The van der Waals surface area contributed by atoms with E-state index in [1.165, 1.54) is 10.9 Å². The molecule has 0 radical (unpaired) electrons. The molecule has 1 heterocycles. The van der Waals surface area contributed by atoms with Gasteiger partial charge in [0.15, 0.2) is 0 Å². The van der Waals surface area contributed by atoms with Gasteiger partial charge in [0.1, 0.15) is 5.69 Å². The molecule has 0 aliphatic rings. The molecule has 6 heteroatoms. The van der Waals surface area contributed by atoms with Gasteiger partial charge in [-0.1, -0.05) is 29.8 Å². The Morgan fingerprint density at radius 2 is 2.10 bits per heavy atom. The Bertz CT molecular complexity index is 602. The van der Waals surface area contributed by atoms with Gasteiger partial charge in [-0.3, -0.25) is 9.48 Å². The normalized spacial score (nSPS) is 10.8. The number of carbonyl (C=O) groups excluding carboxylic acids is 1. The van der Waals surface area contributed by atoms with E-state index in [0.29, 0.717) is 10.7 Å². The molecule has 0 saturated heterocycles. The second-order valence-electron chi connectivity index (χ2n) is 4.81. The monoisotopic (exact) mass is 292 g/mol. The lowest BCUT2D eigenvalue weighted by atomic mass is 10.1. The van der Waals surface area contributed by atoms with Gasteiger partial charge in [-0.15, -0.1) is 0 Å². The highest BCUT2D eigenvalue weighted by atomic mass is 35.5. The van der Waals surface area contributed by atoms with Crippen molar-refractivity contribution < 1.29 is 4.79 Å². The highest BCUT2D eigenvalue weighted by Crippen LogP contribution is 2.20. The lowest BCUT2D eigenvalue weighted by Crippen LogP contribution is -2.19. The molecule has 0 saturated carbocycles. The van der Waals surface area contributed by atoms with Crippen molar-refractivity contribution in [3.05, 3.63) is 46.7 Å². The molecule has 2 rings (SSSR count). The Kier molecular flexibility index (Phi) is 4.42. The maximum Gasteiger partial charge on any atom is 0.275 e. The predicted molar refractivity (Wildman–Crippen MR) is 80.0 cm³/mol. The number of hydrogen-bond donors (Lipinski definition) is 1. The van der Waals surface area contributed by atoms with Gasteiger partial charge in [-0.2, -0.15) is 5.10 Å². The van der Waals surface area contributed by atoms with Gasteiger partial charge < -0.3 is 10.2 Å². The molecule has 2 aromatic rings. The number of nitrogens with zero attached hydrogens (tertiary/aromatic N) is 3. The predicted octanol–water partition coefficient (Wildman–Crippen LogP) is 2.39. The summed E-state index contributed by atoms with van der Waals surface area (Å²) in [5.41, 5.74) is 2.18. The SMILES string of the molecule is CN(C)Cc1ccccc1NC(=O)c1c(Cl)cnn1C. The lowest BCUT2D eigenvalue weighted by molar-refractivity contribution is 0.101. The fraction of sp³-hybridized carbons (Fsp3) is 0.286. The largest absolute Gasteiger partial charge is 0.320 e. The van der Waals surface area contributed by atoms with E-state index in [2.05, 4.69) is 10.4 Å². The first-order valence-corrected chi connectivity index (χ1v) is 6.58. The molecule has 0 unspecified atom stereocenters. The second-order valence-corrected chi connectivity index (χ2v) is 5.22. The summed E-state index contributed by atoms with van der Waals surface area (Å²) in [4.78, 5) is 14.3. The van der Waals surface area contributed by atoms with Crippen LogP contribution < -0.4 is 5.32 Å². The van der Waals surface area contributed by atoms with Crippen molar-refractivity contribution in [3.63, 3.8) is 0 Å². The van der Waals surface area contributed by atoms with E-state index < -0.39 is 0 Å². The Morgan fingerprint density at radius 3 is 2.70 bits per heavy atom. The van der Waals surface area contributed by atoms with E-state index in [0.717, 1.165) is 17.8 Å². The van der Waals surface area contributed by atoms with Crippen LogP contribution in [0.3, 0.4) is 0 Å². The van der Waals surface area contributed by atoms with Crippen LogP contribution >= 0.6 is 11.6 Å². The topological polar surface area (TPSA) is 50.2 Å². The zero-order chi connectivity index (χ0) is 14.7. The molecular formula is C14H17ClN4O. The van der Waals surface area contributed by atoms with E-state index in [-0.39, 0.29) is 5.91 Å². The van der Waals surface area contributed by atoms with Gasteiger partial charge >= 0.3 is 0 Å². The third-order valence-corrected chi connectivity index (χ3v) is 3.14. The summed E-state index contributed by atoms with van der Waals surface area (Å²) in [6, 6.07) is 7.70. The molecule has 106 valence electrons. The van der Waals surface area contributed by atoms with Crippen LogP contribution in [-0.2, 0) is 13.6 Å². The van der Waals surface area contributed by atoms with Gasteiger partial charge in [0.2, 0.25) is 0 Å². The van der Waals surface area contributed by atoms with Gasteiger partial charge in [-0.05, 0) is 25.7 Å². The van der Waals surface area contributed by atoms with Gasteiger partial charge in [-0.25, -0.2) is 0 Å². The van der Waals surface area contributed by atoms with Crippen molar-refractivity contribution >= 4 is 23.2 Å². The molecule has 0 fully saturated rings. The number of benzene rings is 1. The molecule has 0 aliphatic carbocycles. The van der Waals surface area contributed by atoms with E-state index >= 15 is 0 Å². The molecule has 1 N–H and O–H groups in total. The molecule has 5 nitrogen and oxygen atoms in total. The number of anilines is 1. The molecule has 0 aliphatic heterocycles. The number of rotatable bonds is 4. The fourth-order valence-corrected chi connectivity index (χ4v) is 2.22. The highest BCUT2D eigenvalue weighted by molar-refractivity contribution is 6.34. The first-order chi connectivity index (χ1) is 9.49. The van der Waals surface area contributed by atoms with Crippen molar-refractivity contribution in [1.29, 1.82) is 0 Å². The summed E-state index contributed by atoms with van der Waals surface area (Å²) in [5.74, 6) is -0.263. The van der Waals surface area contributed by atoms with E-state index in [4.69, 9.17) is 11.6 Å². The van der Waals surface area contributed by atoms with Crippen LogP contribution in [0.5, 0.6) is 0 Å². The van der Waals surface area contributed by atoms with Crippen LogP contribution in [0.25, 0.3) is 0 Å². The first kappa shape index (κ1) is 14.6. The fourth-order valence-electron chi connectivity index (χ4n) is 1.97. The van der Waals surface area contributed by atoms with Crippen molar-refractivity contribution in [1.82, 2.24) is 14.7 Å². The second kappa shape index (κ2) is 6.07. The minimum absolute atomic E-state index is 0.263. The first-order valence-electron chi connectivity index (χ1n) is 6.20. The average molecular weight is 293 g/mol. The summed E-state index contributed by atoms with van der Waals surface area (Å²) in [7, 11) is 5.65. The molecule has 0 atom stereocenters. The Hall–Kier alpha value is -1.85. The Labute approximate surface area is 123 Å².